The number of rotatable bonds is 4. The first kappa shape index (κ1) is 8.84. The molecule has 56 valence electrons. The van der Waals surface area contributed by atoms with Gasteiger partial charge in [-0.15, -0.1) is 0 Å². The van der Waals surface area contributed by atoms with Crippen molar-refractivity contribution in [2.75, 3.05) is 34.3 Å². The van der Waals surface area contributed by atoms with Gasteiger partial charge in [0.2, 0.25) is 0 Å². The monoisotopic (exact) mass is 134 g/mol. The van der Waals surface area contributed by atoms with Crippen LogP contribution in [0.4, 0.5) is 0 Å². The molecule has 0 saturated carbocycles. The Labute approximate surface area is 55.5 Å². The molecule has 0 aromatic rings. The fraction of sp³-hybridized carbons (Fsp3) is 1.00. The maximum absolute atomic E-state index is 10.4. The molecular weight excluding hydrogens is 120 g/mol. The second-order valence-corrected chi connectivity index (χ2v) is 1.99. The molecule has 0 aliphatic rings. The average Bonchev–Trinajstić information content (AvgIpc) is 1.83. The summed E-state index contributed by atoms with van der Waals surface area (Å²) >= 11 is 0. The number of quaternary nitrogens is 1. The van der Waals surface area contributed by atoms with Crippen LogP contribution in [-0.2, 0) is 4.84 Å². The van der Waals surface area contributed by atoms with Crippen LogP contribution in [-0.4, -0.2) is 39.4 Å². The second kappa shape index (κ2) is 4.69. The molecule has 0 rings (SSSR count). The smallest absolute Gasteiger partial charge is 0.0919 e. The van der Waals surface area contributed by atoms with Crippen LogP contribution in [0.2, 0.25) is 0 Å². The van der Waals surface area contributed by atoms with Crippen molar-refractivity contribution in [1.29, 1.82) is 0 Å². The Bertz CT molecular complexity index is 68.0. The fourth-order valence-electron chi connectivity index (χ4n) is 0.406. The van der Waals surface area contributed by atoms with Gasteiger partial charge in [0.05, 0.1) is 27.2 Å². The number of hydrogen-bond acceptors (Lipinski definition) is 3. The average molecular weight is 134 g/mol. The van der Waals surface area contributed by atoms with Crippen molar-refractivity contribution in [3.8, 4) is 0 Å². The van der Waals surface area contributed by atoms with Gasteiger partial charge in [0, 0.05) is 7.05 Å². The second-order valence-electron chi connectivity index (χ2n) is 1.99. The molecule has 0 amide bonds. The Morgan fingerprint density at radius 3 is 2.56 bits per heavy atom. The Morgan fingerprint density at radius 1 is 1.67 bits per heavy atom. The quantitative estimate of drug-likeness (QED) is 0.475. The van der Waals surface area contributed by atoms with Crippen molar-refractivity contribution < 1.29 is 9.90 Å². The topological polar surface area (TPSA) is 40.0 Å². The summed E-state index contributed by atoms with van der Waals surface area (Å²) in [6, 6.07) is 0. The van der Waals surface area contributed by atoms with E-state index in [1.807, 2.05) is 0 Å². The summed E-state index contributed by atoms with van der Waals surface area (Å²) in [7, 11) is 4.95. The first-order valence-corrected chi connectivity index (χ1v) is 2.91. The minimum atomic E-state index is 0.193. The van der Waals surface area contributed by atoms with Gasteiger partial charge in [-0.2, -0.15) is 5.06 Å². The standard InChI is InChI=1S/C5H14N2O2/c1-6(8)4-5-7(2)9-3/h6H,4-5H2,1-3H3. The van der Waals surface area contributed by atoms with E-state index < -0.39 is 0 Å². The molecule has 9 heavy (non-hydrogen) atoms. The third kappa shape index (κ3) is 5.72. The minimum absolute atomic E-state index is 0.193. The molecule has 0 aliphatic heterocycles. The van der Waals surface area contributed by atoms with E-state index >= 15 is 0 Å². The lowest BCUT2D eigenvalue weighted by Gasteiger charge is -2.19. The van der Waals surface area contributed by atoms with Gasteiger partial charge in [-0.05, 0) is 0 Å². The summed E-state index contributed by atoms with van der Waals surface area (Å²) in [5, 5.41) is 12.2. The first-order chi connectivity index (χ1) is 4.16. The van der Waals surface area contributed by atoms with Crippen molar-refractivity contribution in [2.45, 2.75) is 0 Å². The molecule has 1 N–H and O–H groups in total. The first-order valence-electron chi connectivity index (χ1n) is 2.91. The molecule has 0 heterocycles. The van der Waals surface area contributed by atoms with E-state index in [-0.39, 0.29) is 5.06 Å². The molecule has 1 unspecified atom stereocenters. The third-order valence-electron chi connectivity index (χ3n) is 1.09. The Hall–Kier alpha value is -0.160. The molecule has 1 atom stereocenters. The predicted octanol–water partition coefficient (Wildman–Crippen LogP) is -1.51. The Morgan fingerprint density at radius 2 is 2.22 bits per heavy atom. The molecule has 0 fully saturated rings. The highest BCUT2D eigenvalue weighted by molar-refractivity contribution is 4.31. The summed E-state index contributed by atoms with van der Waals surface area (Å²) < 4.78 is 0. The van der Waals surface area contributed by atoms with E-state index in [4.69, 9.17) is 4.84 Å². The van der Waals surface area contributed by atoms with Gasteiger partial charge in [0.15, 0.2) is 0 Å². The van der Waals surface area contributed by atoms with E-state index in [9.17, 15) is 5.21 Å². The molecule has 0 bridgehead atoms. The van der Waals surface area contributed by atoms with Gasteiger partial charge < -0.3 is 15.1 Å². The Balaban J connectivity index is 3.06. The lowest BCUT2D eigenvalue weighted by atomic mass is 10.6. The van der Waals surface area contributed by atoms with E-state index in [1.165, 1.54) is 0 Å². The Kier molecular flexibility index (Phi) is 4.61. The van der Waals surface area contributed by atoms with Crippen LogP contribution in [0.5, 0.6) is 0 Å². The summed E-state index contributed by atoms with van der Waals surface area (Å²) in [5.41, 5.74) is 0. The largest absolute Gasteiger partial charge is 0.634 e. The number of hydrogen-bond donors (Lipinski definition) is 1. The zero-order valence-electron chi connectivity index (χ0n) is 6.18. The maximum atomic E-state index is 10.4. The van der Waals surface area contributed by atoms with Crippen LogP contribution in [0.25, 0.3) is 0 Å². The van der Waals surface area contributed by atoms with Crippen molar-refractivity contribution in [3.05, 3.63) is 5.21 Å². The maximum Gasteiger partial charge on any atom is 0.0919 e. The van der Waals surface area contributed by atoms with Crippen molar-refractivity contribution >= 4 is 0 Å². The number of hydroxylamine groups is 4. The molecule has 0 aromatic heterocycles. The van der Waals surface area contributed by atoms with Gasteiger partial charge in [-0.3, -0.25) is 0 Å². The van der Waals surface area contributed by atoms with Crippen LogP contribution in [0.3, 0.4) is 0 Å². The van der Waals surface area contributed by atoms with Crippen LogP contribution in [0, 0.1) is 5.21 Å². The predicted molar refractivity (Wildman–Crippen MR) is 34.8 cm³/mol. The molecule has 0 spiro atoms. The van der Waals surface area contributed by atoms with Crippen LogP contribution in [0.1, 0.15) is 0 Å². The van der Waals surface area contributed by atoms with Crippen LogP contribution < -0.4 is 5.06 Å². The van der Waals surface area contributed by atoms with Crippen molar-refractivity contribution in [2.24, 2.45) is 0 Å². The molecule has 0 radical (unpaired) electrons. The normalized spacial score (nSPS) is 14.3. The third-order valence-corrected chi connectivity index (χ3v) is 1.09. The lowest BCUT2D eigenvalue weighted by Crippen LogP contribution is -3.04. The van der Waals surface area contributed by atoms with Gasteiger partial charge >= 0.3 is 0 Å². The SMILES string of the molecule is CON(C)CC[NH+](C)[O-]. The zero-order chi connectivity index (χ0) is 7.28. The molecular formula is C5H14N2O2. The highest BCUT2D eigenvalue weighted by Crippen LogP contribution is 1.74. The van der Waals surface area contributed by atoms with E-state index in [0.717, 1.165) is 0 Å². The van der Waals surface area contributed by atoms with Crippen LogP contribution in [0.15, 0.2) is 0 Å². The number of likely N-dealkylation sites (N-methyl/N-ethyl adjacent to an activating group) is 2. The molecule has 0 aliphatic carbocycles. The number of nitrogens with one attached hydrogen (secondary N) is 1. The van der Waals surface area contributed by atoms with Crippen LogP contribution >= 0.6 is 0 Å². The van der Waals surface area contributed by atoms with Gasteiger partial charge in [0.25, 0.3) is 0 Å². The highest BCUT2D eigenvalue weighted by atomic mass is 16.7. The van der Waals surface area contributed by atoms with Gasteiger partial charge in [0.1, 0.15) is 0 Å². The highest BCUT2D eigenvalue weighted by Gasteiger charge is 1.94. The summed E-state index contributed by atoms with van der Waals surface area (Å²) in [5.74, 6) is 0. The van der Waals surface area contributed by atoms with Crippen molar-refractivity contribution in [3.63, 3.8) is 0 Å². The van der Waals surface area contributed by atoms with Crippen molar-refractivity contribution in [1.82, 2.24) is 5.06 Å². The van der Waals surface area contributed by atoms with Gasteiger partial charge in [-0.25, -0.2) is 0 Å². The number of nitrogens with zero attached hydrogens (tertiary/aromatic N) is 1. The molecule has 0 aromatic carbocycles. The summed E-state index contributed by atoms with van der Waals surface area (Å²) in [4.78, 5) is 4.78. The van der Waals surface area contributed by atoms with E-state index in [2.05, 4.69) is 0 Å². The van der Waals surface area contributed by atoms with E-state index in [0.29, 0.717) is 13.1 Å². The van der Waals surface area contributed by atoms with E-state index in [1.54, 1.807) is 26.3 Å². The fourth-order valence-corrected chi connectivity index (χ4v) is 0.406. The zero-order valence-corrected chi connectivity index (χ0v) is 6.18. The lowest BCUT2D eigenvalue weighted by molar-refractivity contribution is -0.825. The summed E-state index contributed by atoms with van der Waals surface area (Å²) in [6.45, 7) is 1.23. The molecule has 4 nitrogen and oxygen atoms in total. The molecule has 0 saturated heterocycles. The molecule has 4 heteroatoms. The minimum Gasteiger partial charge on any atom is -0.634 e. The van der Waals surface area contributed by atoms with Gasteiger partial charge in [-0.1, -0.05) is 0 Å². The summed E-state index contributed by atoms with van der Waals surface area (Å²) in [6.07, 6.45) is 0.